The van der Waals surface area contributed by atoms with E-state index in [1.165, 1.54) is 89.9 Å². The Labute approximate surface area is 514 Å². The molecule has 2 aliphatic heterocycles. The number of unbranched alkanes of at least 4 members (excludes halogenated alkanes) is 21. The number of ether oxygens (including phenoxy) is 4. The summed E-state index contributed by atoms with van der Waals surface area (Å²) in [6, 6.07) is -0.959. The van der Waals surface area contributed by atoms with Crippen molar-refractivity contribution in [2.24, 2.45) is 0 Å². The molecule has 85 heavy (non-hydrogen) atoms. The van der Waals surface area contributed by atoms with E-state index in [-0.39, 0.29) is 18.9 Å². The van der Waals surface area contributed by atoms with Gasteiger partial charge >= 0.3 is 0 Å². The molecule has 14 heteroatoms. The first-order valence-corrected chi connectivity index (χ1v) is 33.3. The van der Waals surface area contributed by atoms with E-state index in [1.807, 2.05) is 6.08 Å². The zero-order valence-corrected chi connectivity index (χ0v) is 52.6. The summed E-state index contributed by atoms with van der Waals surface area (Å²) in [5.41, 5.74) is 0. The Morgan fingerprint density at radius 2 is 0.824 bits per heavy atom. The topological polar surface area (TPSA) is 228 Å². The molecule has 0 aromatic rings. The highest BCUT2D eigenvalue weighted by atomic mass is 16.7. The first-order chi connectivity index (χ1) is 41.6. The van der Waals surface area contributed by atoms with E-state index in [2.05, 4.69) is 129 Å². The number of hydrogen-bond donors (Lipinski definition) is 9. The number of amides is 1. The highest BCUT2D eigenvalue weighted by Gasteiger charge is 2.51. The van der Waals surface area contributed by atoms with E-state index >= 15 is 0 Å². The van der Waals surface area contributed by atoms with Crippen LogP contribution in [0.25, 0.3) is 0 Å². The summed E-state index contributed by atoms with van der Waals surface area (Å²) in [5, 5.41) is 87.3. The minimum Gasteiger partial charge on any atom is -0.394 e. The summed E-state index contributed by atoms with van der Waals surface area (Å²) in [6.45, 7) is 2.65. The van der Waals surface area contributed by atoms with Crippen molar-refractivity contribution in [3.05, 3.63) is 122 Å². The molecule has 0 spiro atoms. The number of rotatable bonds is 52. The van der Waals surface area contributed by atoms with Crippen LogP contribution < -0.4 is 5.32 Å². The molecule has 2 rings (SSSR count). The molecule has 2 saturated heterocycles. The standard InChI is InChI=1S/C71H119NO13/c1-3-5-7-9-11-13-15-17-19-21-23-25-27-29-30-31-33-35-37-39-41-43-45-47-49-51-53-55-63(76)72-59(58-82-70-68(81)66(79)69(62(57-74)84-70)85-71-67(80)65(78)64(77)61(56-73)83-71)60(75)54-52-50-48-46-44-42-40-38-36-34-32-28-26-24-22-20-18-16-14-12-10-8-6-4-2/h5,7,11,13,17,19,23,25,29-30,33,35-36,38-39,41,44,46,52,54,59-62,64-71,73-75,77-81H,3-4,6,8-10,12,14-16,18,20-22,24,26-28,31-32,34,37,40,42-43,45,47-51,53,55-58H2,1-2H3,(H,72,76)/b7-5-,13-11-,19-17-,25-23-,30-29-,35-33-,38-36+,41-39-,46-44+,54-52+. The normalized spacial score (nSPS) is 24.4. The summed E-state index contributed by atoms with van der Waals surface area (Å²) >= 11 is 0. The fourth-order valence-corrected chi connectivity index (χ4v) is 10.1. The van der Waals surface area contributed by atoms with Gasteiger partial charge in [-0.05, 0) is 103 Å². The predicted molar refractivity (Wildman–Crippen MR) is 345 cm³/mol. The van der Waals surface area contributed by atoms with E-state index in [0.29, 0.717) is 12.8 Å². The number of carbonyl (C=O) groups excluding carboxylic acids is 1. The fraction of sp³-hybridized carbons (Fsp3) is 0.704. The van der Waals surface area contributed by atoms with E-state index < -0.39 is 86.8 Å². The second kappa shape index (κ2) is 54.5. The average Bonchev–Trinajstić information content (AvgIpc) is 3.68. The summed E-state index contributed by atoms with van der Waals surface area (Å²) in [6.07, 6.45) is 62.4. The molecular weight excluding hydrogens is 1070 g/mol. The van der Waals surface area contributed by atoms with Crippen LogP contribution in [0, 0.1) is 0 Å². The molecule has 9 N–H and O–H groups in total. The van der Waals surface area contributed by atoms with Crippen LogP contribution in [0.2, 0.25) is 0 Å². The van der Waals surface area contributed by atoms with Gasteiger partial charge in [0.2, 0.25) is 5.91 Å². The zero-order chi connectivity index (χ0) is 61.6. The number of aliphatic hydroxyl groups is 8. The van der Waals surface area contributed by atoms with Crippen LogP contribution >= 0.6 is 0 Å². The second-order valence-electron chi connectivity index (χ2n) is 22.8. The van der Waals surface area contributed by atoms with E-state index in [0.717, 1.165) is 103 Å². The van der Waals surface area contributed by atoms with Crippen molar-refractivity contribution < 1.29 is 64.6 Å². The number of nitrogens with one attached hydrogen (secondary N) is 1. The van der Waals surface area contributed by atoms with Gasteiger partial charge in [-0.2, -0.15) is 0 Å². The number of allylic oxidation sites excluding steroid dienone is 19. The van der Waals surface area contributed by atoms with E-state index in [1.54, 1.807) is 6.08 Å². The van der Waals surface area contributed by atoms with Crippen LogP contribution in [0.15, 0.2) is 122 Å². The van der Waals surface area contributed by atoms with Crippen molar-refractivity contribution in [2.75, 3.05) is 19.8 Å². The molecule has 0 radical (unpaired) electrons. The molecule has 0 aromatic heterocycles. The first kappa shape index (κ1) is 77.5. The Morgan fingerprint density at radius 1 is 0.435 bits per heavy atom. The van der Waals surface area contributed by atoms with Gasteiger partial charge in [-0.1, -0.05) is 238 Å². The lowest BCUT2D eigenvalue weighted by Gasteiger charge is -2.46. The van der Waals surface area contributed by atoms with Crippen LogP contribution in [-0.4, -0.2) is 140 Å². The molecule has 0 aliphatic carbocycles. The van der Waals surface area contributed by atoms with Gasteiger partial charge in [-0.15, -0.1) is 0 Å². The monoisotopic (exact) mass is 1190 g/mol. The van der Waals surface area contributed by atoms with Gasteiger partial charge in [0.1, 0.15) is 48.8 Å². The Morgan fingerprint density at radius 3 is 1.29 bits per heavy atom. The van der Waals surface area contributed by atoms with E-state index in [4.69, 9.17) is 18.9 Å². The molecule has 12 atom stereocenters. The van der Waals surface area contributed by atoms with Crippen molar-refractivity contribution in [2.45, 2.75) is 299 Å². The van der Waals surface area contributed by atoms with Gasteiger partial charge in [0.15, 0.2) is 12.6 Å². The minimum absolute atomic E-state index is 0.239. The second-order valence-corrected chi connectivity index (χ2v) is 22.8. The first-order valence-electron chi connectivity index (χ1n) is 33.3. The SMILES string of the molecule is CC/C=C\C/C=C\C/C=C\C/C=C\C/C=C\C/C=C\C/C=C\CCCCCCCC(=O)NC(COC1OC(CO)C(OC2OC(CO)C(O)C(O)C2O)C(O)C1O)C(O)/C=C/CC/C=C/CC/C=C/CCCCCCCCCCCCCCCC. The Balaban J connectivity index is 1.76. The largest absolute Gasteiger partial charge is 0.394 e. The summed E-state index contributed by atoms with van der Waals surface area (Å²) in [4.78, 5) is 13.3. The van der Waals surface area contributed by atoms with Crippen molar-refractivity contribution >= 4 is 5.91 Å². The van der Waals surface area contributed by atoms with Crippen LogP contribution in [0.5, 0.6) is 0 Å². The van der Waals surface area contributed by atoms with Gasteiger partial charge in [0.25, 0.3) is 0 Å². The molecule has 2 aliphatic rings. The lowest BCUT2D eigenvalue weighted by atomic mass is 9.97. The highest BCUT2D eigenvalue weighted by molar-refractivity contribution is 5.76. The maximum absolute atomic E-state index is 13.3. The van der Waals surface area contributed by atoms with Crippen molar-refractivity contribution in [3.8, 4) is 0 Å². The van der Waals surface area contributed by atoms with Crippen molar-refractivity contribution in [3.63, 3.8) is 0 Å². The third-order valence-electron chi connectivity index (χ3n) is 15.4. The lowest BCUT2D eigenvalue weighted by Crippen LogP contribution is -2.65. The molecule has 0 bridgehead atoms. The predicted octanol–water partition coefficient (Wildman–Crippen LogP) is 12.9. The maximum atomic E-state index is 13.3. The van der Waals surface area contributed by atoms with Crippen LogP contribution in [0.3, 0.4) is 0 Å². The highest BCUT2D eigenvalue weighted by Crippen LogP contribution is 2.30. The van der Waals surface area contributed by atoms with Crippen molar-refractivity contribution in [1.82, 2.24) is 5.32 Å². The molecule has 14 nitrogen and oxygen atoms in total. The molecule has 0 saturated carbocycles. The molecule has 2 heterocycles. The molecule has 2 fully saturated rings. The van der Waals surface area contributed by atoms with Crippen LogP contribution in [0.1, 0.15) is 226 Å². The Hall–Kier alpha value is -3.61. The third kappa shape index (κ3) is 39.1. The molecule has 486 valence electrons. The van der Waals surface area contributed by atoms with Gasteiger partial charge in [0.05, 0.1) is 32.0 Å². The number of carbonyl (C=O) groups is 1. The minimum atomic E-state index is -1.80. The number of aliphatic hydroxyl groups excluding tert-OH is 8. The molecule has 12 unspecified atom stereocenters. The summed E-state index contributed by atoms with van der Waals surface area (Å²) in [5.74, 6) is -0.277. The number of hydrogen-bond acceptors (Lipinski definition) is 13. The van der Waals surface area contributed by atoms with Gasteiger partial charge in [-0.3, -0.25) is 4.79 Å². The van der Waals surface area contributed by atoms with Crippen LogP contribution in [0.4, 0.5) is 0 Å². The van der Waals surface area contributed by atoms with Crippen molar-refractivity contribution in [1.29, 1.82) is 0 Å². The summed E-state index contributed by atoms with van der Waals surface area (Å²) < 4.78 is 22.8. The smallest absolute Gasteiger partial charge is 0.220 e. The van der Waals surface area contributed by atoms with Crippen LogP contribution in [-0.2, 0) is 23.7 Å². The van der Waals surface area contributed by atoms with E-state index in [9.17, 15) is 45.6 Å². The molecule has 1 amide bonds. The fourth-order valence-electron chi connectivity index (χ4n) is 10.1. The van der Waals surface area contributed by atoms with Gasteiger partial charge in [0, 0.05) is 6.42 Å². The zero-order valence-electron chi connectivity index (χ0n) is 52.6. The molecule has 0 aromatic carbocycles. The third-order valence-corrected chi connectivity index (χ3v) is 15.4. The molecular formula is C71H119NO13. The average molecular weight is 1190 g/mol. The Kier molecular flexibility index (Phi) is 49.7. The lowest BCUT2D eigenvalue weighted by molar-refractivity contribution is -0.359. The summed E-state index contributed by atoms with van der Waals surface area (Å²) in [7, 11) is 0. The maximum Gasteiger partial charge on any atom is 0.220 e. The Bertz CT molecular complexity index is 1890. The van der Waals surface area contributed by atoms with Gasteiger partial charge < -0.3 is 65.1 Å². The quantitative estimate of drug-likeness (QED) is 0.0204. The van der Waals surface area contributed by atoms with Gasteiger partial charge in [-0.25, -0.2) is 0 Å².